The fourth-order valence-corrected chi connectivity index (χ4v) is 9.42. The maximum Gasteiger partial charge on any atom is 0.309 e. The summed E-state index contributed by atoms with van der Waals surface area (Å²) in [5.41, 5.74) is 0.00806. The molecular formula is C28H42O8. The van der Waals surface area contributed by atoms with Crippen molar-refractivity contribution in [1.29, 1.82) is 0 Å². The Bertz CT molecular complexity index is 935. The molecule has 12 atom stereocenters. The van der Waals surface area contributed by atoms with Crippen LogP contribution in [-0.4, -0.2) is 64.1 Å². The SMILES string of the molecule is C=C1[C@@H]2CC[C@H]3[C@]4(C)CCC[C@@](C)(C(=O)O)[C@H]4CC[C@]3(C2)[C@@H]1O[C@H]1O[C@@H](C)[C@@H](OC(C)=O)[C@@H](O)[C@@H]1O. The van der Waals surface area contributed by atoms with Crippen LogP contribution in [0.1, 0.15) is 79.1 Å². The Morgan fingerprint density at radius 3 is 2.44 bits per heavy atom. The quantitative estimate of drug-likeness (QED) is 0.392. The molecule has 4 aliphatic carbocycles. The number of fused-ring (bicyclic) bond motifs is 3. The summed E-state index contributed by atoms with van der Waals surface area (Å²) in [6.07, 6.45) is 1.60. The summed E-state index contributed by atoms with van der Waals surface area (Å²) >= 11 is 0. The smallest absolute Gasteiger partial charge is 0.309 e. The van der Waals surface area contributed by atoms with Crippen molar-refractivity contribution in [2.24, 2.45) is 34.0 Å². The lowest BCUT2D eigenvalue weighted by atomic mass is 9.40. The number of carboxylic acids is 1. The first-order valence-electron chi connectivity index (χ1n) is 13.6. The van der Waals surface area contributed by atoms with Crippen molar-refractivity contribution in [1.82, 2.24) is 0 Å². The van der Waals surface area contributed by atoms with Crippen LogP contribution in [0.2, 0.25) is 0 Å². The Morgan fingerprint density at radius 2 is 1.78 bits per heavy atom. The summed E-state index contributed by atoms with van der Waals surface area (Å²) in [6.45, 7) is 11.6. The van der Waals surface area contributed by atoms with E-state index in [0.717, 1.165) is 56.9 Å². The van der Waals surface area contributed by atoms with Gasteiger partial charge in [-0.3, -0.25) is 9.59 Å². The van der Waals surface area contributed by atoms with Crippen LogP contribution in [0, 0.1) is 34.0 Å². The molecule has 1 heterocycles. The summed E-state index contributed by atoms with van der Waals surface area (Å²) in [5, 5.41) is 31.8. The Labute approximate surface area is 213 Å². The highest BCUT2D eigenvalue weighted by molar-refractivity contribution is 5.75. The summed E-state index contributed by atoms with van der Waals surface area (Å²) in [7, 11) is 0. The van der Waals surface area contributed by atoms with Gasteiger partial charge in [0.25, 0.3) is 0 Å². The first kappa shape index (κ1) is 26.1. The topological polar surface area (TPSA) is 123 Å². The molecule has 5 fully saturated rings. The van der Waals surface area contributed by atoms with Gasteiger partial charge in [0.15, 0.2) is 12.4 Å². The monoisotopic (exact) mass is 506 g/mol. The highest BCUT2D eigenvalue weighted by Gasteiger charge is 2.68. The second-order valence-corrected chi connectivity index (χ2v) is 12.8. The number of ether oxygens (including phenoxy) is 3. The molecule has 202 valence electrons. The van der Waals surface area contributed by atoms with E-state index in [4.69, 9.17) is 14.2 Å². The van der Waals surface area contributed by atoms with E-state index < -0.39 is 48.1 Å². The molecule has 1 spiro atoms. The third-order valence-electron chi connectivity index (χ3n) is 11.0. The van der Waals surface area contributed by atoms with Gasteiger partial charge in [-0.1, -0.05) is 19.9 Å². The average molecular weight is 507 g/mol. The highest BCUT2D eigenvalue weighted by atomic mass is 16.7. The van der Waals surface area contributed by atoms with E-state index in [2.05, 4.69) is 13.5 Å². The molecule has 0 aromatic heterocycles. The second kappa shape index (κ2) is 8.79. The molecule has 8 nitrogen and oxygen atoms in total. The number of carbonyl (C=O) groups excluding carboxylic acids is 1. The van der Waals surface area contributed by atoms with Crippen molar-refractivity contribution < 1.29 is 39.1 Å². The molecule has 1 saturated heterocycles. The second-order valence-electron chi connectivity index (χ2n) is 12.8. The highest BCUT2D eigenvalue weighted by Crippen LogP contribution is 2.72. The number of hydrogen-bond donors (Lipinski definition) is 3. The molecule has 3 N–H and O–H groups in total. The van der Waals surface area contributed by atoms with Gasteiger partial charge < -0.3 is 29.5 Å². The van der Waals surface area contributed by atoms with E-state index in [1.165, 1.54) is 6.92 Å². The summed E-state index contributed by atoms with van der Waals surface area (Å²) in [6, 6.07) is 0. The van der Waals surface area contributed by atoms with Crippen molar-refractivity contribution in [2.45, 2.75) is 116 Å². The summed E-state index contributed by atoms with van der Waals surface area (Å²) in [5.74, 6) is -0.499. The molecule has 36 heavy (non-hydrogen) atoms. The van der Waals surface area contributed by atoms with Gasteiger partial charge in [0.1, 0.15) is 12.2 Å². The molecule has 5 rings (SSSR count). The molecule has 8 heteroatoms. The lowest BCUT2D eigenvalue weighted by molar-refractivity contribution is -0.315. The average Bonchev–Trinajstić information content (AvgIpc) is 2.99. The van der Waals surface area contributed by atoms with E-state index >= 15 is 0 Å². The number of hydrogen-bond acceptors (Lipinski definition) is 7. The number of esters is 1. The largest absolute Gasteiger partial charge is 0.481 e. The molecule has 0 amide bonds. The molecular weight excluding hydrogens is 464 g/mol. The maximum atomic E-state index is 12.4. The van der Waals surface area contributed by atoms with E-state index in [0.29, 0.717) is 11.8 Å². The van der Waals surface area contributed by atoms with Crippen LogP contribution < -0.4 is 0 Å². The minimum absolute atomic E-state index is 0.111. The Hall–Kier alpha value is -1.48. The van der Waals surface area contributed by atoms with Gasteiger partial charge in [0.2, 0.25) is 0 Å². The van der Waals surface area contributed by atoms with Gasteiger partial charge in [-0.25, -0.2) is 0 Å². The molecule has 0 aromatic carbocycles. The van der Waals surface area contributed by atoms with Crippen LogP contribution in [-0.2, 0) is 23.8 Å². The van der Waals surface area contributed by atoms with Crippen molar-refractivity contribution in [3.63, 3.8) is 0 Å². The third-order valence-corrected chi connectivity index (χ3v) is 11.0. The number of carbonyl (C=O) groups is 2. The molecule has 0 unspecified atom stereocenters. The van der Waals surface area contributed by atoms with Crippen molar-refractivity contribution in [3.05, 3.63) is 12.2 Å². The predicted octanol–water partition coefficient (Wildman–Crippen LogP) is 3.43. The fraction of sp³-hybridized carbons (Fsp3) is 0.857. The molecule has 5 aliphatic rings. The normalized spacial score (nSPS) is 52.3. The zero-order valence-electron chi connectivity index (χ0n) is 21.9. The van der Waals surface area contributed by atoms with Gasteiger partial charge in [-0.15, -0.1) is 0 Å². The van der Waals surface area contributed by atoms with Crippen LogP contribution in [0.5, 0.6) is 0 Å². The predicted molar refractivity (Wildman–Crippen MR) is 130 cm³/mol. The lowest BCUT2D eigenvalue weighted by Gasteiger charge is -2.64. The Kier molecular flexibility index (Phi) is 6.38. The number of aliphatic hydroxyl groups excluding tert-OH is 2. The van der Waals surface area contributed by atoms with Crippen molar-refractivity contribution >= 4 is 11.9 Å². The van der Waals surface area contributed by atoms with E-state index in [1.807, 2.05) is 6.92 Å². The zero-order chi connectivity index (χ0) is 26.2. The van der Waals surface area contributed by atoms with Gasteiger partial charge in [-0.05, 0) is 87.5 Å². The number of aliphatic carboxylic acids is 1. The van der Waals surface area contributed by atoms with E-state index in [1.54, 1.807) is 6.92 Å². The lowest BCUT2D eigenvalue weighted by Crippen LogP contribution is -2.62. The van der Waals surface area contributed by atoms with Crippen molar-refractivity contribution in [2.75, 3.05) is 0 Å². The Balaban J connectivity index is 1.44. The molecule has 1 aliphatic heterocycles. The van der Waals surface area contributed by atoms with Crippen LogP contribution in [0.4, 0.5) is 0 Å². The molecule has 0 aromatic rings. The van der Waals surface area contributed by atoms with Gasteiger partial charge in [0.05, 0.1) is 17.6 Å². The number of carboxylic acid groups (broad SMARTS) is 1. The third kappa shape index (κ3) is 3.62. The van der Waals surface area contributed by atoms with Crippen LogP contribution >= 0.6 is 0 Å². The number of rotatable bonds is 4. The summed E-state index contributed by atoms with van der Waals surface area (Å²) in [4.78, 5) is 23.9. The molecule has 2 bridgehead atoms. The molecule has 0 radical (unpaired) electrons. The Morgan fingerprint density at radius 1 is 1.06 bits per heavy atom. The fourth-order valence-electron chi connectivity index (χ4n) is 9.42. The van der Waals surface area contributed by atoms with Crippen LogP contribution in [0.3, 0.4) is 0 Å². The minimum atomic E-state index is -1.37. The summed E-state index contributed by atoms with van der Waals surface area (Å²) < 4.78 is 17.8. The van der Waals surface area contributed by atoms with Gasteiger partial charge in [-0.2, -0.15) is 0 Å². The molecule has 4 saturated carbocycles. The van der Waals surface area contributed by atoms with Gasteiger partial charge >= 0.3 is 11.9 Å². The van der Waals surface area contributed by atoms with Crippen LogP contribution in [0.25, 0.3) is 0 Å². The van der Waals surface area contributed by atoms with E-state index in [9.17, 15) is 24.9 Å². The zero-order valence-corrected chi connectivity index (χ0v) is 21.9. The minimum Gasteiger partial charge on any atom is -0.481 e. The number of aliphatic hydroxyl groups is 2. The van der Waals surface area contributed by atoms with E-state index in [-0.39, 0.29) is 22.9 Å². The first-order valence-corrected chi connectivity index (χ1v) is 13.6. The van der Waals surface area contributed by atoms with Crippen molar-refractivity contribution in [3.8, 4) is 0 Å². The maximum absolute atomic E-state index is 12.4. The first-order chi connectivity index (χ1) is 16.8. The van der Waals surface area contributed by atoms with Crippen LogP contribution in [0.15, 0.2) is 12.2 Å². The standard InChI is InChI=1S/C28H42O8/c1-14-17-7-8-19-26(4)10-6-11-27(5,25(32)33)18(26)9-12-28(19,13-17)23(14)36-24-21(31)20(30)22(15(2)34-24)35-16(3)29/h15,17-24,30-31H,1,6-13H2,2-5H3,(H,32,33)/t15-,17+,18-,19-,20-,21-,22+,23+,24+,26+,27+,28+/m0/s1. The van der Waals surface area contributed by atoms with Gasteiger partial charge in [0, 0.05) is 12.3 Å².